The maximum absolute atomic E-state index is 11.6. The number of nitrogens with one attached hydrogen (secondary N) is 1. The molecule has 1 aliphatic heterocycles. The van der Waals surface area contributed by atoms with E-state index in [4.69, 9.17) is 21.5 Å². The molecule has 3 aromatic rings. The van der Waals surface area contributed by atoms with Gasteiger partial charge in [0, 0.05) is 23.1 Å². The van der Waals surface area contributed by atoms with Gasteiger partial charge < -0.3 is 15.0 Å². The highest BCUT2D eigenvalue weighted by Crippen LogP contribution is 2.29. The topological polar surface area (TPSA) is 123 Å². The molecule has 1 fully saturated rings. The Morgan fingerprint density at radius 1 is 1.20 bits per heavy atom. The summed E-state index contributed by atoms with van der Waals surface area (Å²) in [4.78, 5) is 9.79. The van der Waals surface area contributed by atoms with Gasteiger partial charge in [0.1, 0.15) is 5.75 Å². The first kappa shape index (κ1) is 20.1. The summed E-state index contributed by atoms with van der Waals surface area (Å²) in [7, 11) is -4.09. The normalized spacial score (nSPS) is 17.7. The Morgan fingerprint density at radius 3 is 2.70 bits per heavy atom. The minimum Gasteiger partial charge on any atom is -0.437 e. The SMILES string of the molecule is NS(=O)(=O)N=C1N[C@@H](c2cccc(Oc3cnccn3)c2)CN1c1ccc(Cl)cc1. The van der Waals surface area contributed by atoms with Gasteiger partial charge >= 0.3 is 10.2 Å². The van der Waals surface area contributed by atoms with Crippen LogP contribution >= 0.6 is 11.6 Å². The maximum atomic E-state index is 11.6. The summed E-state index contributed by atoms with van der Waals surface area (Å²) in [6, 6.07) is 14.1. The van der Waals surface area contributed by atoms with Crippen molar-refractivity contribution in [1.82, 2.24) is 15.3 Å². The average Bonchev–Trinajstić information content (AvgIpc) is 3.12. The minimum atomic E-state index is -4.09. The van der Waals surface area contributed by atoms with E-state index in [1.807, 2.05) is 18.2 Å². The lowest BCUT2D eigenvalue weighted by Gasteiger charge is -2.17. The Hall–Kier alpha value is -3.21. The van der Waals surface area contributed by atoms with Crippen LogP contribution in [0.5, 0.6) is 11.6 Å². The Kier molecular flexibility index (Phi) is 5.53. The van der Waals surface area contributed by atoms with Crippen molar-refractivity contribution in [1.29, 1.82) is 0 Å². The van der Waals surface area contributed by atoms with E-state index in [1.165, 1.54) is 12.4 Å². The number of benzene rings is 2. The van der Waals surface area contributed by atoms with Gasteiger partial charge in [0.25, 0.3) is 0 Å². The highest BCUT2D eigenvalue weighted by atomic mass is 35.5. The van der Waals surface area contributed by atoms with Crippen LogP contribution in [0.2, 0.25) is 5.02 Å². The van der Waals surface area contributed by atoms with Crippen LogP contribution in [0.1, 0.15) is 11.6 Å². The lowest BCUT2D eigenvalue weighted by Crippen LogP contribution is -2.32. The van der Waals surface area contributed by atoms with Crippen molar-refractivity contribution in [2.45, 2.75) is 6.04 Å². The van der Waals surface area contributed by atoms with Crippen molar-refractivity contribution in [2.24, 2.45) is 9.54 Å². The molecular weight excluding hydrogens is 428 g/mol. The van der Waals surface area contributed by atoms with E-state index in [9.17, 15) is 8.42 Å². The highest BCUT2D eigenvalue weighted by Gasteiger charge is 2.30. The standard InChI is InChI=1S/C19H17ClN6O3S/c20-14-4-6-15(7-5-14)26-12-17(24-19(26)25-30(21,27)28)13-2-1-3-16(10-13)29-18-11-22-8-9-23-18/h1-11,17H,12H2,(H,24,25)(H2,21,27,28)/t17-/m1/s1. The lowest BCUT2D eigenvalue weighted by molar-refractivity contribution is 0.459. The molecule has 1 atom stereocenters. The fraction of sp³-hybridized carbons (Fsp3) is 0.105. The van der Waals surface area contributed by atoms with Gasteiger partial charge in [0.2, 0.25) is 11.8 Å². The van der Waals surface area contributed by atoms with E-state index in [2.05, 4.69) is 19.7 Å². The molecule has 2 aromatic carbocycles. The molecule has 0 aliphatic carbocycles. The Bertz CT molecular complexity index is 1170. The van der Waals surface area contributed by atoms with Crippen molar-refractivity contribution in [2.75, 3.05) is 11.4 Å². The van der Waals surface area contributed by atoms with Gasteiger partial charge in [-0.3, -0.25) is 4.98 Å². The van der Waals surface area contributed by atoms with Crippen molar-refractivity contribution in [3.8, 4) is 11.6 Å². The second kappa shape index (κ2) is 8.27. The number of nitrogens with two attached hydrogens (primary N) is 1. The van der Waals surface area contributed by atoms with E-state index in [-0.39, 0.29) is 12.0 Å². The van der Waals surface area contributed by atoms with Gasteiger partial charge in [-0.25, -0.2) is 10.1 Å². The summed E-state index contributed by atoms with van der Waals surface area (Å²) in [6.07, 6.45) is 4.61. The van der Waals surface area contributed by atoms with E-state index < -0.39 is 10.2 Å². The molecule has 30 heavy (non-hydrogen) atoms. The fourth-order valence-corrected chi connectivity index (χ4v) is 3.55. The zero-order chi connectivity index (χ0) is 21.1. The van der Waals surface area contributed by atoms with Crippen LogP contribution < -0.4 is 20.1 Å². The highest BCUT2D eigenvalue weighted by molar-refractivity contribution is 7.88. The molecule has 0 unspecified atom stereocenters. The first-order chi connectivity index (χ1) is 14.4. The molecule has 1 aromatic heterocycles. The second-order valence-electron chi connectivity index (χ2n) is 6.43. The molecule has 1 saturated heterocycles. The van der Waals surface area contributed by atoms with Crippen molar-refractivity contribution < 1.29 is 13.2 Å². The number of anilines is 1. The third-order valence-corrected chi connectivity index (χ3v) is 4.98. The lowest BCUT2D eigenvalue weighted by atomic mass is 10.1. The maximum Gasteiger partial charge on any atom is 0.320 e. The minimum absolute atomic E-state index is 0.130. The molecule has 1 aliphatic rings. The summed E-state index contributed by atoms with van der Waals surface area (Å²) in [5, 5.41) is 8.83. The van der Waals surface area contributed by atoms with Gasteiger partial charge in [-0.1, -0.05) is 23.7 Å². The third kappa shape index (κ3) is 4.85. The van der Waals surface area contributed by atoms with Gasteiger partial charge in [-0.05, 0) is 42.0 Å². The number of ether oxygens (including phenoxy) is 1. The largest absolute Gasteiger partial charge is 0.437 e. The van der Waals surface area contributed by atoms with E-state index >= 15 is 0 Å². The van der Waals surface area contributed by atoms with Crippen LogP contribution in [0, 0.1) is 0 Å². The first-order valence-electron chi connectivity index (χ1n) is 8.83. The molecule has 4 rings (SSSR count). The van der Waals surface area contributed by atoms with Gasteiger partial charge in [-0.15, -0.1) is 4.40 Å². The van der Waals surface area contributed by atoms with E-state index in [0.29, 0.717) is 23.2 Å². The predicted molar refractivity (Wildman–Crippen MR) is 114 cm³/mol. The van der Waals surface area contributed by atoms with Gasteiger partial charge in [0.05, 0.1) is 18.8 Å². The number of aromatic nitrogens is 2. The second-order valence-corrected chi connectivity index (χ2v) is 8.08. The summed E-state index contributed by atoms with van der Waals surface area (Å²) in [6.45, 7) is 0.421. The quantitative estimate of drug-likeness (QED) is 0.620. The predicted octanol–water partition coefficient (Wildman–Crippen LogP) is 2.63. The molecule has 9 nitrogen and oxygen atoms in total. The molecule has 0 saturated carbocycles. The summed E-state index contributed by atoms with van der Waals surface area (Å²) in [5.74, 6) is 1.07. The van der Waals surface area contributed by atoms with Crippen molar-refractivity contribution in [3.63, 3.8) is 0 Å². The monoisotopic (exact) mass is 444 g/mol. The molecule has 3 N–H and O–H groups in total. The van der Waals surface area contributed by atoms with E-state index in [0.717, 1.165) is 11.3 Å². The van der Waals surface area contributed by atoms with Crippen LogP contribution in [0.3, 0.4) is 0 Å². The number of hydrogen-bond acceptors (Lipinski definition) is 5. The van der Waals surface area contributed by atoms with Crippen molar-refractivity contribution >= 4 is 33.5 Å². The van der Waals surface area contributed by atoms with Crippen LogP contribution in [0.25, 0.3) is 0 Å². The molecule has 0 bridgehead atoms. The summed E-state index contributed by atoms with van der Waals surface area (Å²) < 4.78 is 32.6. The van der Waals surface area contributed by atoms with Crippen LogP contribution in [-0.4, -0.2) is 30.9 Å². The number of hydrogen-bond donors (Lipinski definition) is 2. The Morgan fingerprint density at radius 2 is 2.00 bits per heavy atom. The molecular formula is C19H17ClN6O3S. The van der Waals surface area contributed by atoms with Crippen LogP contribution in [0.15, 0.2) is 71.5 Å². The summed E-state index contributed by atoms with van der Waals surface area (Å²) in [5.41, 5.74) is 1.60. The van der Waals surface area contributed by atoms with Gasteiger partial charge in [0.15, 0.2) is 0 Å². The molecule has 11 heteroatoms. The number of nitrogens with zero attached hydrogens (tertiary/aromatic N) is 4. The molecule has 2 heterocycles. The summed E-state index contributed by atoms with van der Waals surface area (Å²) >= 11 is 5.97. The Balaban J connectivity index is 1.63. The smallest absolute Gasteiger partial charge is 0.320 e. The zero-order valence-electron chi connectivity index (χ0n) is 15.5. The average molecular weight is 445 g/mol. The van der Waals surface area contributed by atoms with Crippen LogP contribution in [0.4, 0.5) is 5.69 Å². The fourth-order valence-electron chi connectivity index (χ4n) is 3.04. The molecule has 154 valence electrons. The third-order valence-electron chi connectivity index (χ3n) is 4.30. The Labute approximate surface area is 178 Å². The van der Waals surface area contributed by atoms with E-state index in [1.54, 1.807) is 41.4 Å². The number of guanidine groups is 1. The molecule has 0 spiro atoms. The molecule has 0 amide bonds. The zero-order valence-corrected chi connectivity index (χ0v) is 17.1. The number of rotatable bonds is 5. The number of halogens is 1. The van der Waals surface area contributed by atoms with Crippen LogP contribution in [-0.2, 0) is 10.2 Å². The van der Waals surface area contributed by atoms with Crippen molar-refractivity contribution in [3.05, 3.63) is 77.7 Å². The molecule has 0 radical (unpaired) electrons. The van der Waals surface area contributed by atoms with Gasteiger partial charge in [-0.2, -0.15) is 8.42 Å². The first-order valence-corrected chi connectivity index (χ1v) is 10.7.